The third kappa shape index (κ3) is 2.09. The summed E-state index contributed by atoms with van der Waals surface area (Å²) >= 11 is 5.88. The zero-order chi connectivity index (χ0) is 10.9. The summed E-state index contributed by atoms with van der Waals surface area (Å²) in [5.41, 5.74) is 0.660. The Morgan fingerprint density at radius 2 is 2.27 bits per heavy atom. The van der Waals surface area contributed by atoms with Gasteiger partial charge in [0.15, 0.2) is 0 Å². The molecule has 2 N–H and O–H groups in total. The molecule has 0 unspecified atom stereocenters. The molecule has 0 bridgehead atoms. The second-order valence-corrected chi connectivity index (χ2v) is 4.38. The molecule has 2 rings (SSSR count). The Kier molecular flexibility index (Phi) is 2.87. The number of aromatic hydroxyl groups is 1. The molecule has 3 nitrogen and oxygen atoms in total. The van der Waals surface area contributed by atoms with E-state index in [9.17, 15) is 5.11 Å². The number of rotatable bonds is 3. The van der Waals surface area contributed by atoms with Crippen LogP contribution in [0.4, 0.5) is 0 Å². The minimum absolute atomic E-state index is 0.178. The van der Waals surface area contributed by atoms with Crippen LogP contribution in [0.15, 0.2) is 18.2 Å². The Hall–Kier alpha value is -0.770. The minimum atomic E-state index is -0.178. The van der Waals surface area contributed by atoms with Crippen molar-refractivity contribution in [3.63, 3.8) is 0 Å². The molecule has 0 saturated carbocycles. The molecule has 1 heterocycles. The van der Waals surface area contributed by atoms with E-state index >= 15 is 0 Å². The Labute approximate surface area is 94.0 Å². The van der Waals surface area contributed by atoms with E-state index in [2.05, 4.69) is 5.32 Å². The monoisotopic (exact) mass is 227 g/mol. The van der Waals surface area contributed by atoms with E-state index in [-0.39, 0.29) is 11.4 Å². The lowest BCUT2D eigenvalue weighted by Gasteiger charge is -2.41. The highest BCUT2D eigenvalue weighted by atomic mass is 35.5. The Morgan fingerprint density at radius 3 is 2.80 bits per heavy atom. The van der Waals surface area contributed by atoms with Crippen molar-refractivity contribution < 1.29 is 9.84 Å². The van der Waals surface area contributed by atoms with E-state index in [1.165, 1.54) is 0 Å². The largest absolute Gasteiger partial charge is 0.508 e. The maximum Gasteiger partial charge on any atom is 0.118 e. The van der Waals surface area contributed by atoms with Gasteiger partial charge in [-0.2, -0.15) is 0 Å². The summed E-state index contributed by atoms with van der Waals surface area (Å²) in [6.07, 6.45) is 0.683. The van der Waals surface area contributed by atoms with E-state index in [0.717, 1.165) is 18.7 Å². The summed E-state index contributed by atoms with van der Waals surface area (Å²) in [7, 11) is 1.70. The first-order valence-corrected chi connectivity index (χ1v) is 5.26. The second kappa shape index (κ2) is 4.00. The van der Waals surface area contributed by atoms with Crippen molar-refractivity contribution >= 4 is 11.6 Å². The van der Waals surface area contributed by atoms with Crippen molar-refractivity contribution in [3.8, 4) is 5.75 Å². The van der Waals surface area contributed by atoms with Gasteiger partial charge in [-0.25, -0.2) is 0 Å². The average molecular weight is 228 g/mol. The van der Waals surface area contributed by atoms with Crippen LogP contribution in [0.5, 0.6) is 5.75 Å². The minimum Gasteiger partial charge on any atom is -0.508 e. The summed E-state index contributed by atoms with van der Waals surface area (Å²) in [6, 6.07) is 5.09. The average Bonchev–Trinajstić information content (AvgIpc) is 2.17. The highest BCUT2D eigenvalue weighted by Crippen LogP contribution is 2.28. The summed E-state index contributed by atoms with van der Waals surface area (Å²) in [4.78, 5) is 0. The van der Waals surface area contributed by atoms with Crippen molar-refractivity contribution in [1.82, 2.24) is 5.32 Å². The SMILES string of the molecule is COC1(Cc2cc(Cl)ccc2O)CNC1. The molecule has 1 aliphatic rings. The zero-order valence-corrected chi connectivity index (χ0v) is 9.34. The van der Waals surface area contributed by atoms with Gasteiger partial charge in [0.05, 0.1) is 5.60 Å². The molecule has 15 heavy (non-hydrogen) atoms. The maximum absolute atomic E-state index is 9.68. The van der Waals surface area contributed by atoms with Crippen LogP contribution in [0.2, 0.25) is 5.02 Å². The van der Waals surface area contributed by atoms with Gasteiger partial charge in [0, 0.05) is 31.6 Å². The Balaban J connectivity index is 2.19. The van der Waals surface area contributed by atoms with Crippen LogP contribution in [-0.4, -0.2) is 30.9 Å². The summed E-state index contributed by atoms with van der Waals surface area (Å²) in [6.45, 7) is 1.63. The van der Waals surface area contributed by atoms with E-state index in [0.29, 0.717) is 11.4 Å². The number of phenols is 1. The summed E-state index contributed by atoms with van der Waals surface area (Å²) in [5, 5.41) is 13.5. The standard InChI is InChI=1S/C11H14ClNO2/c1-15-11(6-13-7-11)5-8-4-9(12)2-3-10(8)14/h2-4,13-14H,5-7H2,1H3. The molecule has 4 heteroatoms. The van der Waals surface area contributed by atoms with Crippen LogP contribution in [0.3, 0.4) is 0 Å². The number of phenolic OH excluding ortho intramolecular Hbond substituents is 1. The van der Waals surface area contributed by atoms with Gasteiger partial charge in [0.1, 0.15) is 5.75 Å². The highest BCUT2D eigenvalue weighted by molar-refractivity contribution is 6.30. The predicted molar refractivity (Wildman–Crippen MR) is 59.4 cm³/mol. The number of benzene rings is 1. The molecular weight excluding hydrogens is 214 g/mol. The lowest BCUT2D eigenvalue weighted by Crippen LogP contribution is -2.61. The molecule has 1 aromatic rings. The molecule has 1 fully saturated rings. The van der Waals surface area contributed by atoms with Crippen LogP contribution in [0.25, 0.3) is 0 Å². The van der Waals surface area contributed by atoms with Crippen molar-refractivity contribution in [2.24, 2.45) is 0 Å². The first-order valence-electron chi connectivity index (χ1n) is 4.88. The highest BCUT2D eigenvalue weighted by Gasteiger charge is 2.37. The first-order chi connectivity index (χ1) is 7.15. The van der Waals surface area contributed by atoms with Crippen LogP contribution in [-0.2, 0) is 11.2 Å². The van der Waals surface area contributed by atoms with Gasteiger partial charge in [0.25, 0.3) is 0 Å². The third-order valence-corrected chi connectivity index (χ3v) is 3.12. The van der Waals surface area contributed by atoms with Crippen LogP contribution >= 0.6 is 11.6 Å². The summed E-state index contributed by atoms with van der Waals surface area (Å²) in [5.74, 6) is 0.280. The molecule has 1 aliphatic heterocycles. The lowest BCUT2D eigenvalue weighted by atomic mass is 9.88. The second-order valence-electron chi connectivity index (χ2n) is 3.94. The van der Waals surface area contributed by atoms with Gasteiger partial charge in [0.2, 0.25) is 0 Å². The number of hydrogen-bond acceptors (Lipinski definition) is 3. The Bertz CT molecular complexity index is 358. The number of halogens is 1. The molecule has 0 aliphatic carbocycles. The first kappa shape index (κ1) is 10.7. The van der Waals surface area contributed by atoms with Gasteiger partial charge in [-0.1, -0.05) is 11.6 Å². The van der Waals surface area contributed by atoms with Crippen LogP contribution in [0.1, 0.15) is 5.56 Å². The van der Waals surface area contributed by atoms with Crippen LogP contribution in [0, 0.1) is 0 Å². The van der Waals surface area contributed by atoms with Gasteiger partial charge in [-0.3, -0.25) is 0 Å². The molecule has 1 aromatic carbocycles. The van der Waals surface area contributed by atoms with Crippen molar-refractivity contribution in [1.29, 1.82) is 0 Å². The number of methoxy groups -OCH3 is 1. The fourth-order valence-electron chi connectivity index (χ4n) is 1.79. The van der Waals surface area contributed by atoms with Gasteiger partial charge in [-0.05, 0) is 23.8 Å². The molecular formula is C11H14ClNO2. The molecule has 0 amide bonds. The lowest BCUT2D eigenvalue weighted by molar-refractivity contribution is -0.0505. The topological polar surface area (TPSA) is 41.5 Å². The fraction of sp³-hybridized carbons (Fsp3) is 0.455. The quantitative estimate of drug-likeness (QED) is 0.824. The zero-order valence-electron chi connectivity index (χ0n) is 8.59. The van der Waals surface area contributed by atoms with Crippen molar-refractivity contribution in [2.45, 2.75) is 12.0 Å². The van der Waals surface area contributed by atoms with E-state index < -0.39 is 0 Å². The van der Waals surface area contributed by atoms with Gasteiger partial charge >= 0.3 is 0 Å². The number of hydrogen-bond donors (Lipinski definition) is 2. The molecule has 0 spiro atoms. The predicted octanol–water partition coefficient (Wildman–Crippen LogP) is 1.58. The van der Waals surface area contributed by atoms with Crippen molar-refractivity contribution in [2.75, 3.05) is 20.2 Å². The normalized spacial score (nSPS) is 18.5. The number of ether oxygens (including phenoxy) is 1. The fourth-order valence-corrected chi connectivity index (χ4v) is 1.98. The third-order valence-electron chi connectivity index (χ3n) is 2.88. The Morgan fingerprint density at radius 1 is 1.53 bits per heavy atom. The molecule has 0 atom stereocenters. The van der Waals surface area contributed by atoms with E-state index in [1.807, 2.05) is 0 Å². The molecule has 0 aromatic heterocycles. The summed E-state index contributed by atoms with van der Waals surface area (Å²) < 4.78 is 5.46. The maximum atomic E-state index is 9.68. The smallest absolute Gasteiger partial charge is 0.118 e. The van der Waals surface area contributed by atoms with Crippen molar-refractivity contribution in [3.05, 3.63) is 28.8 Å². The van der Waals surface area contributed by atoms with E-state index in [1.54, 1.807) is 25.3 Å². The van der Waals surface area contributed by atoms with Gasteiger partial charge in [-0.15, -0.1) is 0 Å². The van der Waals surface area contributed by atoms with Gasteiger partial charge < -0.3 is 15.2 Å². The number of nitrogens with one attached hydrogen (secondary N) is 1. The van der Waals surface area contributed by atoms with E-state index in [4.69, 9.17) is 16.3 Å². The molecule has 82 valence electrons. The molecule has 0 radical (unpaired) electrons. The molecule has 1 saturated heterocycles. The van der Waals surface area contributed by atoms with Crippen LogP contribution < -0.4 is 5.32 Å².